The van der Waals surface area contributed by atoms with E-state index < -0.39 is 4.92 Å². The van der Waals surface area contributed by atoms with Crippen LogP contribution in [0.2, 0.25) is 0 Å². The van der Waals surface area contributed by atoms with Gasteiger partial charge < -0.3 is 10.6 Å². The first-order chi connectivity index (χ1) is 9.15. The summed E-state index contributed by atoms with van der Waals surface area (Å²) in [4.78, 5) is 21.1. The third-order valence-corrected chi connectivity index (χ3v) is 3.26. The van der Waals surface area contributed by atoms with Gasteiger partial charge >= 0.3 is 0 Å². The highest BCUT2D eigenvalue weighted by atomic mass is 16.6. The molecule has 0 bridgehead atoms. The van der Waals surface area contributed by atoms with Crippen LogP contribution in [0.4, 0.5) is 5.69 Å². The molecule has 6 heteroatoms. The number of carbonyl (C=O) groups is 1. The molecule has 102 valence electrons. The highest BCUT2D eigenvalue weighted by Crippen LogP contribution is 2.12. The molecular formula is C13H17N3O3. The molecule has 0 aromatic heterocycles. The van der Waals surface area contributed by atoms with Gasteiger partial charge in [0.15, 0.2) is 0 Å². The van der Waals surface area contributed by atoms with Crippen LogP contribution in [-0.2, 0) is 11.2 Å². The maximum absolute atomic E-state index is 11.0. The SMILES string of the molecule is O=C1CCC(NCCc2ccc([N+](=O)[O-])cc2)CN1. The van der Waals surface area contributed by atoms with Gasteiger partial charge in [0.05, 0.1) is 4.92 Å². The van der Waals surface area contributed by atoms with Crippen molar-refractivity contribution in [3.05, 3.63) is 39.9 Å². The van der Waals surface area contributed by atoms with Crippen molar-refractivity contribution < 1.29 is 9.72 Å². The Morgan fingerprint density at radius 3 is 2.68 bits per heavy atom. The Hall–Kier alpha value is -1.95. The summed E-state index contributed by atoms with van der Waals surface area (Å²) in [6.45, 7) is 1.48. The fourth-order valence-corrected chi connectivity index (χ4v) is 2.11. The Balaban J connectivity index is 1.73. The molecule has 1 aromatic rings. The lowest BCUT2D eigenvalue weighted by atomic mass is 10.1. The van der Waals surface area contributed by atoms with E-state index in [0.29, 0.717) is 19.0 Å². The third-order valence-electron chi connectivity index (χ3n) is 3.26. The fraction of sp³-hybridized carbons (Fsp3) is 0.462. The number of benzene rings is 1. The number of nitrogens with one attached hydrogen (secondary N) is 2. The molecule has 0 radical (unpaired) electrons. The summed E-state index contributed by atoms with van der Waals surface area (Å²) in [5, 5.41) is 16.7. The van der Waals surface area contributed by atoms with Crippen molar-refractivity contribution in [3.8, 4) is 0 Å². The number of rotatable bonds is 5. The molecule has 19 heavy (non-hydrogen) atoms. The van der Waals surface area contributed by atoms with Gasteiger partial charge in [0, 0.05) is 31.1 Å². The van der Waals surface area contributed by atoms with Crippen LogP contribution in [0.5, 0.6) is 0 Å². The van der Waals surface area contributed by atoms with Crippen molar-refractivity contribution in [3.63, 3.8) is 0 Å². The summed E-state index contributed by atoms with van der Waals surface area (Å²) in [6.07, 6.45) is 2.27. The highest BCUT2D eigenvalue weighted by molar-refractivity contribution is 5.76. The van der Waals surface area contributed by atoms with E-state index in [0.717, 1.165) is 24.9 Å². The second-order valence-corrected chi connectivity index (χ2v) is 4.67. The van der Waals surface area contributed by atoms with E-state index in [2.05, 4.69) is 10.6 Å². The van der Waals surface area contributed by atoms with E-state index in [4.69, 9.17) is 0 Å². The Morgan fingerprint density at radius 1 is 1.37 bits per heavy atom. The van der Waals surface area contributed by atoms with Crippen LogP contribution >= 0.6 is 0 Å². The minimum Gasteiger partial charge on any atom is -0.355 e. The molecule has 1 aliphatic rings. The van der Waals surface area contributed by atoms with E-state index in [1.807, 2.05) is 0 Å². The van der Waals surface area contributed by atoms with Gasteiger partial charge in [0.25, 0.3) is 5.69 Å². The largest absolute Gasteiger partial charge is 0.355 e. The number of piperidine rings is 1. The minimum atomic E-state index is -0.396. The number of nitro groups is 1. The molecule has 1 unspecified atom stereocenters. The first kappa shape index (κ1) is 13.5. The van der Waals surface area contributed by atoms with Crippen molar-refractivity contribution in [1.29, 1.82) is 0 Å². The van der Waals surface area contributed by atoms with E-state index in [1.165, 1.54) is 12.1 Å². The molecular weight excluding hydrogens is 246 g/mol. The third kappa shape index (κ3) is 4.03. The van der Waals surface area contributed by atoms with Gasteiger partial charge in [-0.25, -0.2) is 0 Å². The van der Waals surface area contributed by atoms with Gasteiger partial charge in [0.2, 0.25) is 5.91 Å². The first-order valence-electron chi connectivity index (χ1n) is 6.38. The Morgan fingerprint density at radius 2 is 2.11 bits per heavy atom. The lowest BCUT2D eigenvalue weighted by Crippen LogP contribution is -2.46. The quantitative estimate of drug-likeness (QED) is 0.613. The molecule has 1 aromatic carbocycles. The lowest BCUT2D eigenvalue weighted by Gasteiger charge is -2.23. The second-order valence-electron chi connectivity index (χ2n) is 4.67. The van der Waals surface area contributed by atoms with Crippen molar-refractivity contribution in [2.24, 2.45) is 0 Å². The Kier molecular flexibility index (Phi) is 4.46. The molecule has 0 saturated carbocycles. The van der Waals surface area contributed by atoms with Crippen LogP contribution in [0, 0.1) is 10.1 Å². The van der Waals surface area contributed by atoms with Gasteiger partial charge in [-0.05, 0) is 24.9 Å². The topological polar surface area (TPSA) is 84.3 Å². The number of hydrogen-bond acceptors (Lipinski definition) is 4. The van der Waals surface area contributed by atoms with E-state index in [9.17, 15) is 14.9 Å². The number of carbonyl (C=O) groups excluding carboxylic acids is 1. The molecule has 6 nitrogen and oxygen atoms in total. The number of nitrogens with zero attached hydrogens (tertiary/aromatic N) is 1. The van der Waals surface area contributed by atoms with Crippen molar-refractivity contribution in [1.82, 2.24) is 10.6 Å². The van der Waals surface area contributed by atoms with Gasteiger partial charge in [-0.15, -0.1) is 0 Å². The normalized spacial score (nSPS) is 18.9. The van der Waals surface area contributed by atoms with E-state index in [1.54, 1.807) is 12.1 Å². The van der Waals surface area contributed by atoms with Crippen LogP contribution < -0.4 is 10.6 Å². The molecule has 1 heterocycles. The molecule has 1 atom stereocenters. The van der Waals surface area contributed by atoms with Crippen LogP contribution in [0.3, 0.4) is 0 Å². The summed E-state index contributed by atoms with van der Waals surface area (Å²) in [7, 11) is 0. The zero-order valence-electron chi connectivity index (χ0n) is 10.6. The van der Waals surface area contributed by atoms with E-state index in [-0.39, 0.29) is 11.6 Å². The summed E-state index contributed by atoms with van der Waals surface area (Å²) in [6, 6.07) is 6.94. The molecule has 1 amide bonds. The molecule has 0 spiro atoms. The fourth-order valence-electron chi connectivity index (χ4n) is 2.11. The standard InChI is InChI=1S/C13H17N3O3/c17-13-6-3-11(9-15-13)14-8-7-10-1-4-12(5-2-10)16(18)19/h1-2,4-5,11,14H,3,6-9H2,(H,15,17). The number of non-ortho nitro benzene ring substituents is 1. The Labute approximate surface area is 111 Å². The summed E-state index contributed by atoms with van der Waals surface area (Å²) >= 11 is 0. The predicted octanol–water partition coefficient (Wildman–Crippen LogP) is 1.01. The zero-order valence-corrected chi connectivity index (χ0v) is 10.6. The second kappa shape index (κ2) is 6.29. The number of nitro benzene ring substituents is 1. The summed E-state index contributed by atoms with van der Waals surface area (Å²) in [5.74, 6) is 0.119. The molecule has 1 aliphatic heterocycles. The van der Waals surface area contributed by atoms with Crippen molar-refractivity contribution in [2.75, 3.05) is 13.1 Å². The molecule has 2 rings (SSSR count). The molecule has 1 fully saturated rings. The summed E-state index contributed by atoms with van der Waals surface area (Å²) < 4.78 is 0. The average Bonchev–Trinajstić information content (AvgIpc) is 2.41. The van der Waals surface area contributed by atoms with Gasteiger partial charge in [-0.3, -0.25) is 14.9 Å². The van der Waals surface area contributed by atoms with Crippen molar-refractivity contribution >= 4 is 11.6 Å². The van der Waals surface area contributed by atoms with Crippen LogP contribution in [-0.4, -0.2) is 30.0 Å². The van der Waals surface area contributed by atoms with E-state index >= 15 is 0 Å². The minimum absolute atomic E-state index is 0.117. The van der Waals surface area contributed by atoms with Gasteiger partial charge in [-0.1, -0.05) is 12.1 Å². The van der Waals surface area contributed by atoms with Crippen LogP contribution in [0.1, 0.15) is 18.4 Å². The summed E-state index contributed by atoms with van der Waals surface area (Å²) in [5.41, 5.74) is 1.18. The highest BCUT2D eigenvalue weighted by Gasteiger charge is 2.16. The monoisotopic (exact) mass is 263 g/mol. The molecule has 2 N–H and O–H groups in total. The van der Waals surface area contributed by atoms with Crippen molar-refractivity contribution in [2.45, 2.75) is 25.3 Å². The van der Waals surface area contributed by atoms with Gasteiger partial charge in [0.1, 0.15) is 0 Å². The maximum atomic E-state index is 11.0. The maximum Gasteiger partial charge on any atom is 0.269 e. The predicted molar refractivity (Wildman–Crippen MR) is 70.8 cm³/mol. The lowest BCUT2D eigenvalue weighted by molar-refractivity contribution is -0.384. The first-order valence-corrected chi connectivity index (χ1v) is 6.38. The smallest absolute Gasteiger partial charge is 0.269 e. The Bertz CT molecular complexity index is 449. The molecule has 1 saturated heterocycles. The zero-order chi connectivity index (χ0) is 13.7. The van der Waals surface area contributed by atoms with Crippen LogP contribution in [0.25, 0.3) is 0 Å². The molecule has 0 aliphatic carbocycles. The van der Waals surface area contributed by atoms with Crippen LogP contribution in [0.15, 0.2) is 24.3 Å². The van der Waals surface area contributed by atoms with Gasteiger partial charge in [-0.2, -0.15) is 0 Å². The average molecular weight is 263 g/mol. The number of hydrogen-bond donors (Lipinski definition) is 2. The number of amides is 1.